The Bertz CT molecular complexity index is 977. The standard InChI is InChI=1S/C23H31N5O4/c1-5-6-14-32-20-10-8-18(15-21(20)31-4)23(30)26-25-22(29)11-9-19-16(2)27-28(17(19)3)13-7-12-24/h8,10,15H,5-7,9,11,13-14H2,1-4H3,(H,25,29)(H,26,30). The van der Waals surface area contributed by atoms with Gasteiger partial charge in [0.15, 0.2) is 11.5 Å². The number of nitriles is 1. The van der Waals surface area contributed by atoms with Crippen LogP contribution in [0.4, 0.5) is 0 Å². The predicted molar refractivity (Wildman–Crippen MR) is 119 cm³/mol. The van der Waals surface area contributed by atoms with Crippen molar-refractivity contribution in [2.75, 3.05) is 13.7 Å². The van der Waals surface area contributed by atoms with E-state index < -0.39 is 5.91 Å². The predicted octanol–water partition coefficient (Wildman–Crippen LogP) is 2.99. The van der Waals surface area contributed by atoms with Gasteiger partial charge in [-0.05, 0) is 50.5 Å². The van der Waals surface area contributed by atoms with E-state index in [2.05, 4.69) is 28.9 Å². The van der Waals surface area contributed by atoms with Crippen LogP contribution in [0.2, 0.25) is 0 Å². The summed E-state index contributed by atoms with van der Waals surface area (Å²) >= 11 is 0. The van der Waals surface area contributed by atoms with E-state index in [1.807, 2.05) is 13.8 Å². The first-order valence-corrected chi connectivity index (χ1v) is 10.7. The van der Waals surface area contributed by atoms with Crippen molar-refractivity contribution in [1.82, 2.24) is 20.6 Å². The molecular weight excluding hydrogens is 410 g/mol. The number of amides is 2. The average Bonchev–Trinajstić information content (AvgIpc) is 3.07. The largest absolute Gasteiger partial charge is 0.493 e. The quantitative estimate of drug-likeness (QED) is 0.409. The lowest BCUT2D eigenvalue weighted by molar-refractivity contribution is -0.121. The first-order valence-electron chi connectivity index (χ1n) is 10.7. The summed E-state index contributed by atoms with van der Waals surface area (Å²) in [5.41, 5.74) is 7.98. The molecule has 0 atom stereocenters. The summed E-state index contributed by atoms with van der Waals surface area (Å²) < 4.78 is 12.8. The van der Waals surface area contributed by atoms with E-state index in [1.54, 1.807) is 22.9 Å². The van der Waals surface area contributed by atoms with E-state index >= 15 is 0 Å². The van der Waals surface area contributed by atoms with Crippen LogP contribution in [0.15, 0.2) is 18.2 Å². The third-order valence-corrected chi connectivity index (χ3v) is 5.07. The molecule has 9 heteroatoms. The molecule has 2 N–H and O–H groups in total. The van der Waals surface area contributed by atoms with Crippen LogP contribution in [-0.2, 0) is 17.8 Å². The smallest absolute Gasteiger partial charge is 0.269 e. The molecule has 9 nitrogen and oxygen atoms in total. The lowest BCUT2D eigenvalue weighted by Crippen LogP contribution is -2.41. The fourth-order valence-electron chi connectivity index (χ4n) is 3.22. The van der Waals surface area contributed by atoms with Gasteiger partial charge in [-0.3, -0.25) is 25.1 Å². The fourth-order valence-corrected chi connectivity index (χ4v) is 3.22. The highest BCUT2D eigenvalue weighted by Crippen LogP contribution is 2.28. The number of aromatic nitrogens is 2. The Hall–Kier alpha value is -3.54. The highest BCUT2D eigenvalue weighted by molar-refractivity contribution is 5.96. The van der Waals surface area contributed by atoms with Crippen molar-refractivity contribution in [1.29, 1.82) is 5.26 Å². The SMILES string of the molecule is CCCCOc1ccc(C(=O)NNC(=O)CCc2c(C)nn(CCC#N)c2C)cc1OC. The number of ether oxygens (including phenoxy) is 2. The number of unbranched alkanes of at least 4 members (excludes halogenated alkanes) is 1. The van der Waals surface area contributed by atoms with Gasteiger partial charge in [0.2, 0.25) is 5.91 Å². The van der Waals surface area contributed by atoms with Crippen LogP contribution in [0.3, 0.4) is 0 Å². The van der Waals surface area contributed by atoms with Gasteiger partial charge in [-0.15, -0.1) is 0 Å². The molecule has 2 rings (SSSR count). The molecule has 0 unspecified atom stereocenters. The van der Waals surface area contributed by atoms with Crippen LogP contribution in [0.1, 0.15) is 59.9 Å². The second-order valence-electron chi connectivity index (χ2n) is 7.35. The number of benzene rings is 1. The molecule has 32 heavy (non-hydrogen) atoms. The van der Waals surface area contributed by atoms with Crippen LogP contribution in [-0.4, -0.2) is 35.3 Å². The van der Waals surface area contributed by atoms with Crippen molar-refractivity contribution >= 4 is 11.8 Å². The van der Waals surface area contributed by atoms with Gasteiger partial charge in [-0.25, -0.2) is 0 Å². The summed E-state index contributed by atoms with van der Waals surface area (Å²) in [6.45, 7) is 6.99. The van der Waals surface area contributed by atoms with E-state index in [0.29, 0.717) is 43.1 Å². The Morgan fingerprint density at radius 3 is 2.69 bits per heavy atom. The molecule has 0 aliphatic heterocycles. The number of methoxy groups -OCH3 is 1. The van der Waals surface area contributed by atoms with E-state index in [0.717, 1.165) is 29.8 Å². The van der Waals surface area contributed by atoms with Crippen LogP contribution in [0.25, 0.3) is 0 Å². The Kier molecular flexibility index (Phi) is 9.54. The highest BCUT2D eigenvalue weighted by atomic mass is 16.5. The lowest BCUT2D eigenvalue weighted by Gasteiger charge is -2.12. The van der Waals surface area contributed by atoms with E-state index in [9.17, 15) is 9.59 Å². The van der Waals surface area contributed by atoms with Crippen molar-refractivity contribution in [2.45, 2.75) is 59.4 Å². The molecule has 0 spiro atoms. The Labute approximate surface area is 188 Å². The minimum Gasteiger partial charge on any atom is -0.493 e. The summed E-state index contributed by atoms with van der Waals surface area (Å²) in [5, 5.41) is 13.2. The third kappa shape index (κ3) is 6.74. The molecule has 0 aliphatic rings. The molecule has 1 aromatic carbocycles. The van der Waals surface area contributed by atoms with Gasteiger partial charge in [0.05, 0.1) is 38.4 Å². The zero-order valence-electron chi connectivity index (χ0n) is 19.2. The molecule has 172 valence electrons. The first kappa shape index (κ1) is 24.7. The number of hydrogen-bond donors (Lipinski definition) is 2. The van der Waals surface area contributed by atoms with Gasteiger partial charge in [-0.2, -0.15) is 10.4 Å². The summed E-state index contributed by atoms with van der Waals surface area (Å²) in [4.78, 5) is 24.6. The van der Waals surface area contributed by atoms with Gasteiger partial charge >= 0.3 is 0 Å². The zero-order valence-corrected chi connectivity index (χ0v) is 19.2. The van der Waals surface area contributed by atoms with Crippen molar-refractivity contribution in [3.8, 4) is 17.6 Å². The summed E-state index contributed by atoms with van der Waals surface area (Å²) in [7, 11) is 1.51. The van der Waals surface area contributed by atoms with E-state index in [-0.39, 0.29) is 12.3 Å². The van der Waals surface area contributed by atoms with Crippen molar-refractivity contribution in [2.24, 2.45) is 0 Å². The molecule has 0 bridgehead atoms. The van der Waals surface area contributed by atoms with E-state index in [4.69, 9.17) is 14.7 Å². The number of hydrazine groups is 1. The fraction of sp³-hybridized carbons (Fsp3) is 0.478. The third-order valence-electron chi connectivity index (χ3n) is 5.07. The Balaban J connectivity index is 1.88. The van der Waals surface area contributed by atoms with Crippen molar-refractivity contribution in [3.63, 3.8) is 0 Å². The first-order chi connectivity index (χ1) is 15.4. The highest BCUT2D eigenvalue weighted by Gasteiger charge is 2.15. The summed E-state index contributed by atoms with van der Waals surface area (Å²) in [5.74, 6) is 0.267. The number of nitrogens with one attached hydrogen (secondary N) is 2. The number of aryl methyl sites for hydroxylation is 2. The molecule has 0 radical (unpaired) electrons. The number of carbonyl (C=O) groups is 2. The average molecular weight is 442 g/mol. The van der Waals surface area contributed by atoms with Crippen LogP contribution in [0, 0.1) is 25.2 Å². The molecule has 1 aromatic heterocycles. The Morgan fingerprint density at radius 1 is 1.22 bits per heavy atom. The minimum atomic E-state index is -0.451. The monoisotopic (exact) mass is 441 g/mol. The van der Waals surface area contributed by atoms with Gasteiger partial charge in [0.1, 0.15) is 0 Å². The van der Waals surface area contributed by atoms with E-state index in [1.165, 1.54) is 7.11 Å². The second-order valence-corrected chi connectivity index (χ2v) is 7.35. The molecule has 2 aromatic rings. The summed E-state index contributed by atoms with van der Waals surface area (Å²) in [6.07, 6.45) is 3.01. The van der Waals surface area contributed by atoms with Crippen LogP contribution < -0.4 is 20.3 Å². The lowest BCUT2D eigenvalue weighted by atomic mass is 10.1. The molecule has 0 fully saturated rings. The zero-order chi connectivity index (χ0) is 23.5. The maximum Gasteiger partial charge on any atom is 0.269 e. The molecule has 0 saturated heterocycles. The minimum absolute atomic E-state index is 0.194. The number of carbonyl (C=O) groups excluding carboxylic acids is 2. The van der Waals surface area contributed by atoms with Gasteiger partial charge in [0, 0.05) is 17.7 Å². The van der Waals surface area contributed by atoms with Crippen LogP contribution in [0.5, 0.6) is 11.5 Å². The van der Waals surface area contributed by atoms with Crippen LogP contribution >= 0.6 is 0 Å². The Morgan fingerprint density at radius 2 is 2.00 bits per heavy atom. The maximum absolute atomic E-state index is 12.4. The van der Waals surface area contributed by atoms with Gasteiger partial charge in [0.25, 0.3) is 5.91 Å². The van der Waals surface area contributed by atoms with Gasteiger partial charge < -0.3 is 9.47 Å². The number of nitrogens with zero attached hydrogens (tertiary/aromatic N) is 3. The maximum atomic E-state index is 12.4. The van der Waals surface area contributed by atoms with Crippen molar-refractivity contribution < 1.29 is 19.1 Å². The topological polar surface area (TPSA) is 118 Å². The molecule has 2 amide bonds. The van der Waals surface area contributed by atoms with Crippen molar-refractivity contribution in [3.05, 3.63) is 40.7 Å². The second kappa shape index (κ2) is 12.3. The normalized spacial score (nSPS) is 10.3. The molecule has 0 aliphatic carbocycles. The molecule has 1 heterocycles. The summed E-state index contributed by atoms with van der Waals surface area (Å²) in [6, 6.07) is 6.98. The molecule has 0 saturated carbocycles. The number of rotatable bonds is 11. The molecular formula is C23H31N5O4. The number of hydrogen-bond acceptors (Lipinski definition) is 6. The van der Waals surface area contributed by atoms with Gasteiger partial charge in [-0.1, -0.05) is 13.3 Å².